The zero-order chi connectivity index (χ0) is 34.7. The number of rotatable bonds is 9. The van der Waals surface area contributed by atoms with Gasteiger partial charge < -0.3 is 19.8 Å². The summed E-state index contributed by atoms with van der Waals surface area (Å²) in [5.41, 5.74) is 6.20. The summed E-state index contributed by atoms with van der Waals surface area (Å²) in [6, 6.07) is 21.3. The third-order valence-corrected chi connectivity index (χ3v) is 9.93. The van der Waals surface area contributed by atoms with Crippen LogP contribution in [0.5, 0.6) is 0 Å². The van der Waals surface area contributed by atoms with E-state index < -0.39 is 5.92 Å². The third-order valence-electron chi connectivity index (χ3n) is 9.93. The molecule has 3 atom stereocenters. The van der Waals surface area contributed by atoms with E-state index in [4.69, 9.17) is 4.98 Å². The Labute approximate surface area is 296 Å². The van der Waals surface area contributed by atoms with Crippen LogP contribution >= 0.6 is 0 Å². The SMILES string of the molecule is [CH2][C@@H](C(=O)N1CCC[C@H]1c1ncc(-c2ccc(-c3ncc(-c4cnc([C@@H]5CCCN5C(=O)Cc5cccnc5)[nH]4)cn3)cc2)[nH]1)c1ccccc1. The molecule has 2 aromatic carbocycles. The van der Waals surface area contributed by atoms with Crippen LogP contribution in [-0.4, -0.2) is 69.6 Å². The second-order valence-electron chi connectivity index (χ2n) is 13.2. The summed E-state index contributed by atoms with van der Waals surface area (Å²) in [5, 5.41) is 0. The Kier molecular flexibility index (Phi) is 8.92. The van der Waals surface area contributed by atoms with Crippen molar-refractivity contribution in [2.75, 3.05) is 13.1 Å². The van der Waals surface area contributed by atoms with Gasteiger partial charge in [0.25, 0.3) is 0 Å². The summed E-state index contributed by atoms with van der Waals surface area (Å²) in [6.07, 6.45) is 14.5. The van der Waals surface area contributed by atoms with Crippen LogP contribution in [-0.2, 0) is 16.0 Å². The van der Waals surface area contributed by atoms with Crippen LogP contribution < -0.4 is 0 Å². The van der Waals surface area contributed by atoms with Crippen LogP contribution in [0.4, 0.5) is 0 Å². The maximum absolute atomic E-state index is 13.4. The second kappa shape index (κ2) is 14.1. The van der Waals surface area contributed by atoms with E-state index in [1.54, 1.807) is 31.0 Å². The molecule has 0 aliphatic carbocycles. The van der Waals surface area contributed by atoms with Gasteiger partial charge in [-0.3, -0.25) is 14.6 Å². The molecule has 51 heavy (non-hydrogen) atoms. The van der Waals surface area contributed by atoms with E-state index in [9.17, 15) is 9.59 Å². The van der Waals surface area contributed by atoms with E-state index in [-0.39, 0.29) is 23.9 Å². The molecule has 11 nitrogen and oxygen atoms in total. The Morgan fingerprint density at radius 1 is 0.706 bits per heavy atom. The monoisotopic (exact) mass is 676 g/mol. The van der Waals surface area contributed by atoms with Crippen LogP contribution in [0.3, 0.4) is 0 Å². The Balaban J connectivity index is 0.915. The molecule has 0 saturated carbocycles. The summed E-state index contributed by atoms with van der Waals surface area (Å²) in [5.74, 6) is 1.82. The van der Waals surface area contributed by atoms with Crippen molar-refractivity contribution in [2.45, 2.75) is 50.1 Å². The van der Waals surface area contributed by atoms with Gasteiger partial charge in [-0.25, -0.2) is 19.9 Å². The number of pyridine rings is 1. The lowest BCUT2D eigenvalue weighted by Gasteiger charge is -2.26. The number of hydrogen-bond donors (Lipinski definition) is 2. The van der Waals surface area contributed by atoms with E-state index in [0.717, 1.165) is 76.5 Å². The molecule has 2 saturated heterocycles. The summed E-state index contributed by atoms with van der Waals surface area (Å²) in [7, 11) is 0. The average Bonchev–Trinajstić information content (AvgIpc) is 4.02. The van der Waals surface area contributed by atoms with Gasteiger partial charge in [0.2, 0.25) is 11.8 Å². The summed E-state index contributed by atoms with van der Waals surface area (Å²) < 4.78 is 0. The van der Waals surface area contributed by atoms with Gasteiger partial charge in [0.1, 0.15) is 11.6 Å². The highest BCUT2D eigenvalue weighted by Gasteiger charge is 2.35. The Morgan fingerprint density at radius 3 is 2.00 bits per heavy atom. The quantitative estimate of drug-likeness (QED) is 0.178. The van der Waals surface area contributed by atoms with Gasteiger partial charge in [-0.15, -0.1) is 0 Å². The van der Waals surface area contributed by atoms with Crippen LogP contribution in [0.15, 0.2) is 104 Å². The van der Waals surface area contributed by atoms with Gasteiger partial charge in [-0.05, 0) is 55.4 Å². The first-order chi connectivity index (χ1) is 25.0. The molecule has 0 spiro atoms. The number of aromatic nitrogens is 7. The standard InChI is InChI=1S/C40H38N9O2/c1-26(28-9-3-2-4-10-28)40(51)49-19-7-12-35(49)39-44-24-32(46-39)29-13-15-30(16-14-29)37-42-22-31(23-43-37)33-25-45-38(47-33)34-11-6-18-48(34)36(50)20-27-8-5-17-41-21-27/h2-5,8-10,13-17,21-26,34-35H,1,6-7,11-12,18-20H2,(H,44,46)(H,45,47)/t26-,34+,35+/m1/s1. The number of benzene rings is 2. The van der Waals surface area contributed by atoms with Crippen molar-refractivity contribution in [3.05, 3.63) is 134 Å². The number of H-pyrrole nitrogens is 2. The number of likely N-dealkylation sites (tertiary alicyclic amines) is 2. The number of amides is 2. The van der Waals surface area contributed by atoms with Gasteiger partial charge in [-0.1, -0.05) is 60.7 Å². The Hall–Kier alpha value is -5.97. The fourth-order valence-corrected chi connectivity index (χ4v) is 7.19. The largest absolute Gasteiger partial charge is 0.340 e. The lowest BCUT2D eigenvalue weighted by atomic mass is 9.99. The maximum atomic E-state index is 13.4. The van der Waals surface area contributed by atoms with Crippen molar-refractivity contribution in [1.82, 2.24) is 44.7 Å². The van der Waals surface area contributed by atoms with Crippen molar-refractivity contribution < 1.29 is 9.59 Å². The van der Waals surface area contributed by atoms with E-state index >= 15 is 0 Å². The molecular formula is C40H38N9O2. The molecule has 8 rings (SSSR count). The molecule has 2 aliphatic heterocycles. The lowest BCUT2D eigenvalue weighted by molar-refractivity contribution is -0.133. The summed E-state index contributed by atoms with van der Waals surface area (Å²) >= 11 is 0. The number of nitrogens with one attached hydrogen (secondary N) is 2. The molecule has 11 heteroatoms. The molecule has 2 aliphatic rings. The van der Waals surface area contributed by atoms with Gasteiger partial charge in [0.15, 0.2) is 5.82 Å². The van der Waals surface area contributed by atoms with E-state index in [1.165, 1.54) is 0 Å². The van der Waals surface area contributed by atoms with Gasteiger partial charge in [0.05, 0.1) is 48.2 Å². The molecule has 0 unspecified atom stereocenters. The van der Waals surface area contributed by atoms with Crippen LogP contribution in [0.25, 0.3) is 33.9 Å². The van der Waals surface area contributed by atoms with Crippen LogP contribution in [0, 0.1) is 6.92 Å². The first-order valence-corrected chi connectivity index (χ1v) is 17.4. The van der Waals surface area contributed by atoms with Crippen LogP contribution in [0.2, 0.25) is 0 Å². The fourth-order valence-electron chi connectivity index (χ4n) is 7.19. The topological polar surface area (TPSA) is 137 Å². The van der Waals surface area contributed by atoms with E-state index in [2.05, 4.69) is 36.8 Å². The number of carbonyl (C=O) groups excluding carboxylic acids is 2. The summed E-state index contributed by atoms with van der Waals surface area (Å²) in [4.78, 5) is 60.0. The second-order valence-corrected chi connectivity index (χ2v) is 13.2. The van der Waals surface area contributed by atoms with Crippen LogP contribution in [0.1, 0.15) is 66.5 Å². The fraction of sp³-hybridized carbons (Fsp3) is 0.250. The molecule has 6 heterocycles. The maximum Gasteiger partial charge on any atom is 0.230 e. The Bertz CT molecular complexity index is 2110. The van der Waals surface area contributed by atoms with Crippen molar-refractivity contribution in [1.29, 1.82) is 0 Å². The molecule has 2 N–H and O–H groups in total. The molecule has 1 radical (unpaired) electrons. The molecule has 2 amide bonds. The predicted molar refractivity (Wildman–Crippen MR) is 192 cm³/mol. The normalized spacial score (nSPS) is 17.9. The highest BCUT2D eigenvalue weighted by atomic mass is 16.2. The predicted octanol–water partition coefficient (Wildman–Crippen LogP) is 6.51. The van der Waals surface area contributed by atoms with Gasteiger partial charge in [0, 0.05) is 49.0 Å². The van der Waals surface area contributed by atoms with Crippen molar-refractivity contribution in [3.8, 4) is 33.9 Å². The number of aromatic amines is 2. The van der Waals surface area contributed by atoms with Crippen molar-refractivity contribution in [3.63, 3.8) is 0 Å². The molecule has 0 bridgehead atoms. The molecule has 2 fully saturated rings. The minimum absolute atomic E-state index is 0.0228. The lowest BCUT2D eigenvalue weighted by Crippen LogP contribution is -2.34. The van der Waals surface area contributed by atoms with Gasteiger partial charge >= 0.3 is 0 Å². The third kappa shape index (κ3) is 6.66. The molecule has 4 aromatic heterocycles. The zero-order valence-electron chi connectivity index (χ0n) is 28.2. The average molecular weight is 677 g/mol. The zero-order valence-corrected chi connectivity index (χ0v) is 28.2. The highest BCUT2D eigenvalue weighted by molar-refractivity contribution is 5.85. The van der Waals surface area contributed by atoms with Crippen molar-refractivity contribution >= 4 is 11.8 Å². The highest BCUT2D eigenvalue weighted by Crippen LogP contribution is 2.35. The molecule has 255 valence electrons. The Morgan fingerprint density at radius 2 is 1.33 bits per heavy atom. The number of hydrogen-bond acceptors (Lipinski definition) is 7. The smallest absolute Gasteiger partial charge is 0.230 e. The number of imidazole rings is 2. The molecule has 6 aromatic rings. The van der Waals surface area contributed by atoms with Crippen molar-refractivity contribution in [2.24, 2.45) is 0 Å². The van der Waals surface area contributed by atoms with E-state index in [0.29, 0.717) is 25.3 Å². The minimum atomic E-state index is -0.453. The molecular weight excluding hydrogens is 639 g/mol. The summed E-state index contributed by atoms with van der Waals surface area (Å²) in [6.45, 7) is 5.58. The minimum Gasteiger partial charge on any atom is -0.340 e. The number of nitrogens with zero attached hydrogens (tertiary/aromatic N) is 7. The van der Waals surface area contributed by atoms with E-state index in [1.807, 2.05) is 82.7 Å². The first kappa shape index (κ1) is 32.2. The number of carbonyl (C=O) groups is 2. The van der Waals surface area contributed by atoms with Gasteiger partial charge in [-0.2, -0.15) is 0 Å². The first-order valence-electron chi connectivity index (χ1n) is 17.4.